The lowest BCUT2D eigenvalue weighted by molar-refractivity contribution is -0.277. The number of rotatable bonds is 18. The number of aliphatic imine (C=N–C) groups is 1. The van der Waals surface area contributed by atoms with Crippen molar-refractivity contribution in [2.45, 2.75) is 185 Å². The highest BCUT2D eigenvalue weighted by atomic mass is 35.5. The van der Waals surface area contributed by atoms with E-state index < -0.39 is 186 Å². The van der Waals surface area contributed by atoms with Crippen LogP contribution >= 0.6 is 11.6 Å². The van der Waals surface area contributed by atoms with Gasteiger partial charge in [-0.1, -0.05) is 82.7 Å². The van der Waals surface area contributed by atoms with Crippen molar-refractivity contribution < 1.29 is 103 Å². The van der Waals surface area contributed by atoms with Gasteiger partial charge in [0.25, 0.3) is 5.91 Å². The van der Waals surface area contributed by atoms with Crippen LogP contribution in [-0.2, 0) is 43.1 Å². The Bertz CT molecular complexity index is 4150. The molecule has 0 aliphatic carbocycles. The van der Waals surface area contributed by atoms with Crippen LogP contribution in [0, 0.1) is 19.8 Å². The van der Waals surface area contributed by atoms with Gasteiger partial charge in [0.05, 0.1) is 24.1 Å². The molecule has 0 aromatic heterocycles. The number of hydrogen-bond donors (Lipinski definition) is 17. The fraction of sp³-hybridized carbons (Fsp3) is 0.452. The molecule has 31 nitrogen and oxygen atoms in total. The minimum atomic E-state index is -2.29. The van der Waals surface area contributed by atoms with Gasteiger partial charge < -0.3 is 102 Å². The van der Waals surface area contributed by atoms with Crippen LogP contribution in [0.4, 0.5) is 4.79 Å². The van der Waals surface area contributed by atoms with E-state index in [4.69, 9.17) is 30.5 Å². The second-order valence-electron chi connectivity index (χ2n) is 27.0. The van der Waals surface area contributed by atoms with Crippen LogP contribution < -0.4 is 62.1 Å². The molecule has 0 radical (unpaired) electrons. The van der Waals surface area contributed by atoms with Gasteiger partial charge >= 0.3 is 6.03 Å². The number of urea groups is 1. The molecule has 1 saturated heterocycles. The molecule has 32 heteroatoms. The number of aromatic hydroxyl groups is 2. The highest BCUT2D eigenvalue weighted by Crippen LogP contribution is 2.49. The van der Waals surface area contributed by atoms with E-state index in [-0.39, 0.29) is 85.6 Å². The Hall–Kier alpha value is -9.83. The molecule has 17 N–H and O–H groups in total. The van der Waals surface area contributed by atoms with Crippen LogP contribution in [0.5, 0.6) is 40.2 Å². The number of aliphatic hydroxyl groups is 6. The average Bonchev–Trinajstić information content (AvgIpc) is 0.806. The SMILES string of the molecule is CCCCCCCCNC(=O)NC(=O)C[C@@H]1NC(=O)[C@H](NC(=O)[C@@H](CC(C)C)NC)[C@H](O)c2ccc(c(C)c2)Oc2cc3cc(c2O[C@@H]2O[C@H](CO)[C@@H](O)[C@H](O)[C@H]2O)Oc2ccc(cc2Cl)[C@@H](O)[C@@H]2NC(=O)[C@H](NC(=O)[C@@H]3NC1=O)c1ccc(O)c(c1)-c1c(C)cc(O)cc1[C@@H](C(=O)N=C(C)C)NC2=O. The molecule has 1 fully saturated rings. The molecule has 6 aliphatic rings. The van der Waals surface area contributed by atoms with E-state index in [1.807, 2.05) is 13.8 Å². The van der Waals surface area contributed by atoms with Crippen LogP contribution in [0.1, 0.15) is 155 Å². The zero-order valence-corrected chi connectivity index (χ0v) is 59.7. The summed E-state index contributed by atoms with van der Waals surface area (Å²) in [6.07, 6.45) is -9.51. The van der Waals surface area contributed by atoms with E-state index in [2.05, 4.69) is 59.8 Å². The Balaban J connectivity index is 1.30. The summed E-state index contributed by atoms with van der Waals surface area (Å²) in [7, 11) is 1.50. The van der Waals surface area contributed by atoms with Crippen LogP contribution in [0.15, 0.2) is 83.9 Å². The van der Waals surface area contributed by atoms with Gasteiger partial charge in [0.1, 0.15) is 95.9 Å². The largest absolute Gasteiger partial charge is 0.508 e. The summed E-state index contributed by atoms with van der Waals surface area (Å²) in [4.78, 5) is 139. The molecule has 5 aromatic carbocycles. The highest BCUT2D eigenvalue weighted by molar-refractivity contribution is 6.32. The molecule has 0 unspecified atom stereocenters. The van der Waals surface area contributed by atoms with E-state index in [1.54, 1.807) is 0 Å². The molecule has 0 spiro atoms. The number of carbonyl (C=O) groups excluding carboxylic acids is 9. The number of phenols is 2. The fourth-order valence-corrected chi connectivity index (χ4v) is 13.0. The van der Waals surface area contributed by atoms with Gasteiger partial charge in [-0.25, -0.2) is 9.79 Å². The lowest BCUT2D eigenvalue weighted by Crippen LogP contribution is -2.60. The Kier molecular flexibility index (Phi) is 26.3. The zero-order valence-electron chi connectivity index (χ0n) is 58.9. The average molecular weight is 1480 g/mol. The summed E-state index contributed by atoms with van der Waals surface area (Å²) >= 11 is 7.08. The first kappa shape index (κ1) is 79.3. The van der Waals surface area contributed by atoms with Gasteiger partial charge in [-0.15, -0.1) is 0 Å². The first-order valence-corrected chi connectivity index (χ1v) is 34.8. The van der Waals surface area contributed by atoms with E-state index >= 15 is 24.0 Å². The quantitative estimate of drug-likeness (QED) is 0.0439. The number of ether oxygens (including phenoxy) is 4. The standard InChI is InChI=1S/C73H89ClN10O21/c1-9-10-11-12-13-14-21-76-73(101)79-52(88)30-45-66(95)80-55-39-27-49(102-47-19-16-37(23-34(47)6)59(89)57(70(99)78-45)83-65(94)44(75-8)22-32(2)3)64(105-72-63(93)62(92)61(91)51(31-85)104-72)50(28-39)103-48-20-17-38(26-43(48)74)60(90)58-71(100)82-56(69(98)77-33(4)5)42-29-40(86)24-35(7)53(42)41-25-36(15-18-46(41)87)54(67(96)84-58)81-68(55)97/h15-20,23-29,32,44-45,51,54-63,72,75,85-87,89-93H,9-14,21-22,30-31H2,1-8H3,(H,78,99)(H,80,95)(H,81,97)(H,82,100)(H,83,94)(H,84,96)(H2,76,79,88,101)/t44-,45+,51-,54-,55-,56+,57-,58+,59-,60-,61-,62+,63-,72+/m1/s1. The number of aliphatic hydroxyl groups excluding tert-OH is 6. The Labute approximate surface area is 609 Å². The Morgan fingerprint density at radius 3 is 1.96 bits per heavy atom. The maximum atomic E-state index is 16.2. The third kappa shape index (κ3) is 18.8. The number of benzene rings is 5. The number of nitrogens with one attached hydrogen (secondary N) is 9. The lowest BCUT2D eigenvalue weighted by atomic mass is 9.87. The maximum Gasteiger partial charge on any atom is 0.321 e. The molecule has 6 aliphatic heterocycles. The number of phenolic OH excluding ortho intramolecular Hbond substituents is 2. The predicted octanol–water partition coefficient (Wildman–Crippen LogP) is 3.75. The monoisotopic (exact) mass is 1480 g/mol. The molecular weight excluding hydrogens is 1390 g/mol. The zero-order chi connectivity index (χ0) is 76.4. The number of unbranched alkanes of at least 4 members (excludes halogenated alkanes) is 5. The molecule has 14 atom stereocenters. The van der Waals surface area contributed by atoms with Crippen molar-refractivity contribution in [1.29, 1.82) is 0 Å². The number of amides is 10. The number of fused-ring (bicyclic) bond motifs is 15. The fourth-order valence-electron chi connectivity index (χ4n) is 12.8. The number of imide groups is 1. The van der Waals surface area contributed by atoms with Crippen molar-refractivity contribution >= 4 is 70.6 Å². The van der Waals surface area contributed by atoms with Crippen molar-refractivity contribution in [3.05, 3.63) is 123 Å². The minimum absolute atomic E-state index is 0.0160. The normalized spacial score (nSPS) is 24.2. The Morgan fingerprint density at radius 1 is 0.667 bits per heavy atom. The first-order chi connectivity index (χ1) is 49.9. The lowest BCUT2D eigenvalue weighted by Gasteiger charge is -2.39. The van der Waals surface area contributed by atoms with Crippen molar-refractivity contribution in [1.82, 2.24) is 47.9 Å². The van der Waals surface area contributed by atoms with Crippen molar-refractivity contribution in [3.63, 3.8) is 0 Å². The summed E-state index contributed by atoms with van der Waals surface area (Å²) in [5.74, 6) is -12.7. The van der Waals surface area contributed by atoms with Crippen LogP contribution in [0.3, 0.4) is 0 Å². The predicted molar refractivity (Wildman–Crippen MR) is 378 cm³/mol. The summed E-state index contributed by atoms with van der Waals surface area (Å²) in [6.45, 7) is 11.0. The van der Waals surface area contributed by atoms with Crippen LogP contribution in [0.2, 0.25) is 5.02 Å². The minimum Gasteiger partial charge on any atom is -0.508 e. The van der Waals surface area contributed by atoms with Gasteiger partial charge in [-0.05, 0) is 159 Å². The first-order valence-electron chi connectivity index (χ1n) is 34.5. The van der Waals surface area contributed by atoms with E-state index in [0.717, 1.165) is 62.4 Å². The second kappa shape index (κ2) is 34.8. The molecule has 11 bridgehead atoms. The van der Waals surface area contributed by atoms with Crippen LogP contribution in [-0.4, -0.2) is 175 Å². The van der Waals surface area contributed by atoms with E-state index in [0.29, 0.717) is 6.42 Å². The number of aryl methyl sites for hydroxylation is 2. The van der Waals surface area contributed by atoms with Gasteiger partial charge in [0.15, 0.2) is 11.5 Å². The second-order valence-corrected chi connectivity index (χ2v) is 27.4. The van der Waals surface area contributed by atoms with Crippen molar-refractivity contribution in [2.24, 2.45) is 10.9 Å². The smallest absolute Gasteiger partial charge is 0.321 e. The molecule has 0 saturated carbocycles. The summed E-state index contributed by atoms with van der Waals surface area (Å²) in [5, 5.41) is 114. The molecule has 10 amide bonds. The highest BCUT2D eigenvalue weighted by Gasteiger charge is 2.47. The van der Waals surface area contributed by atoms with Gasteiger partial charge in [0, 0.05) is 17.8 Å². The number of hydrogen-bond acceptors (Lipinski definition) is 22. The number of halogens is 1. The van der Waals surface area contributed by atoms with Crippen molar-refractivity contribution in [2.75, 3.05) is 20.2 Å². The van der Waals surface area contributed by atoms with Gasteiger partial charge in [-0.3, -0.25) is 43.7 Å². The summed E-state index contributed by atoms with van der Waals surface area (Å²) in [5.41, 5.74) is -0.490. The molecule has 5 aromatic rings. The van der Waals surface area contributed by atoms with E-state index in [1.165, 1.54) is 83.3 Å². The topological polar surface area (TPSA) is 473 Å². The maximum absolute atomic E-state index is 16.2. The third-order valence-corrected chi connectivity index (χ3v) is 18.5. The summed E-state index contributed by atoms with van der Waals surface area (Å²) in [6, 6.07) is 1.21. The molecule has 564 valence electrons. The molecule has 11 rings (SSSR count). The van der Waals surface area contributed by atoms with Crippen LogP contribution in [0.25, 0.3) is 11.1 Å². The molecule has 6 heterocycles. The number of nitrogens with zero attached hydrogens (tertiary/aromatic N) is 1. The van der Waals surface area contributed by atoms with E-state index in [9.17, 15) is 60.0 Å². The van der Waals surface area contributed by atoms with Gasteiger partial charge in [0.2, 0.25) is 53.4 Å². The van der Waals surface area contributed by atoms with Crippen molar-refractivity contribution in [3.8, 4) is 51.4 Å². The third-order valence-electron chi connectivity index (χ3n) is 18.2. The molecular formula is C73H89ClN10O21. The molecule has 105 heavy (non-hydrogen) atoms. The number of carbonyl (C=O) groups is 9. The number of likely N-dealkylation sites (N-methyl/N-ethyl adjacent to an activating group) is 1. The van der Waals surface area contributed by atoms with Gasteiger partial charge in [-0.2, -0.15) is 0 Å². The Morgan fingerprint density at radius 2 is 1.30 bits per heavy atom. The summed E-state index contributed by atoms with van der Waals surface area (Å²) < 4.78 is 25.5.